The first-order chi connectivity index (χ1) is 9.12. The fourth-order valence-corrected chi connectivity index (χ4v) is 1.54. The van der Waals surface area contributed by atoms with Crippen molar-refractivity contribution in [2.45, 2.75) is 19.4 Å². The number of methoxy groups -OCH3 is 1. The molecule has 0 saturated carbocycles. The largest absolute Gasteiger partial charge is 0.467 e. The van der Waals surface area contributed by atoms with Gasteiger partial charge >= 0.3 is 5.97 Å². The highest BCUT2D eigenvalue weighted by atomic mass is 16.5. The predicted octanol–water partition coefficient (Wildman–Crippen LogP) is 1.27. The van der Waals surface area contributed by atoms with Gasteiger partial charge in [-0.1, -0.05) is 12.1 Å². The second-order valence-corrected chi connectivity index (χ2v) is 3.76. The third kappa shape index (κ3) is 3.95. The number of nitrogens with zero attached hydrogens (tertiary/aromatic N) is 2. The molecule has 0 saturated heterocycles. The minimum atomic E-state index is -0.944. The monoisotopic (exact) mass is 260 g/mol. The summed E-state index contributed by atoms with van der Waals surface area (Å²) < 4.78 is 9.33. The summed E-state index contributed by atoms with van der Waals surface area (Å²) in [6.07, 6.45) is 3.10. The van der Waals surface area contributed by atoms with Gasteiger partial charge < -0.3 is 9.47 Å². The lowest BCUT2D eigenvalue weighted by Crippen LogP contribution is -2.22. The van der Waals surface area contributed by atoms with Crippen molar-refractivity contribution < 1.29 is 19.1 Å². The van der Waals surface area contributed by atoms with Crippen molar-refractivity contribution >= 4 is 12.0 Å². The van der Waals surface area contributed by atoms with E-state index in [2.05, 4.69) is 9.73 Å². The Morgan fingerprint density at radius 2 is 2.26 bits per heavy atom. The maximum atomic E-state index is 11.4. The van der Waals surface area contributed by atoms with Crippen LogP contribution in [0, 0.1) is 18.4 Å². The van der Waals surface area contributed by atoms with E-state index < -0.39 is 12.0 Å². The topological polar surface area (TPSA) is 88.8 Å². The van der Waals surface area contributed by atoms with Crippen LogP contribution in [0.4, 0.5) is 0 Å². The first-order valence-corrected chi connectivity index (χ1v) is 5.42. The fraction of sp³-hybridized carbons (Fsp3) is 0.308. The van der Waals surface area contributed by atoms with E-state index in [4.69, 9.17) is 10.00 Å². The van der Waals surface area contributed by atoms with Crippen LogP contribution in [-0.2, 0) is 20.7 Å². The zero-order valence-electron chi connectivity index (χ0n) is 10.5. The Morgan fingerprint density at radius 3 is 2.84 bits per heavy atom. The van der Waals surface area contributed by atoms with Crippen molar-refractivity contribution in [3.63, 3.8) is 0 Å². The molecule has 1 aromatic carbocycles. The lowest BCUT2D eigenvalue weighted by atomic mass is 10.0. The SMILES string of the molecule is COC(=O)C(Cc1ccc(C)c(OC#N)c1)N=C=O. The number of rotatable bonds is 5. The molecule has 0 N–H and O–H groups in total. The molecule has 0 heterocycles. The van der Waals surface area contributed by atoms with Crippen LogP contribution in [0.1, 0.15) is 11.1 Å². The number of esters is 1. The summed E-state index contributed by atoms with van der Waals surface area (Å²) >= 11 is 0. The molecule has 0 aliphatic heterocycles. The summed E-state index contributed by atoms with van der Waals surface area (Å²) in [5, 5.41) is 8.51. The van der Waals surface area contributed by atoms with E-state index in [1.807, 2.05) is 0 Å². The normalized spacial score (nSPS) is 10.8. The van der Waals surface area contributed by atoms with Gasteiger partial charge in [0.1, 0.15) is 5.75 Å². The van der Waals surface area contributed by atoms with Gasteiger partial charge in [0.05, 0.1) is 7.11 Å². The number of benzene rings is 1. The molecular formula is C13H12N2O4. The Bertz CT molecular complexity index is 556. The second kappa shape index (κ2) is 6.94. The zero-order valence-corrected chi connectivity index (χ0v) is 10.5. The molecule has 0 bridgehead atoms. The lowest BCUT2D eigenvalue weighted by molar-refractivity contribution is -0.142. The molecule has 1 atom stereocenters. The number of carbonyl (C=O) groups is 1. The highest BCUT2D eigenvalue weighted by Gasteiger charge is 2.19. The number of hydrogen-bond acceptors (Lipinski definition) is 6. The number of aliphatic imine (C=N–C) groups is 1. The molecule has 6 heteroatoms. The number of nitriles is 1. The van der Waals surface area contributed by atoms with E-state index in [-0.39, 0.29) is 6.42 Å². The van der Waals surface area contributed by atoms with E-state index in [0.717, 1.165) is 5.56 Å². The van der Waals surface area contributed by atoms with Crippen LogP contribution >= 0.6 is 0 Å². The molecule has 98 valence electrons. The second-order valence-electron chi connectivity index (χ2n) is 3.76. The molecule has 0 aromatic heterocycles. The first kappa shape index (κ1) is 14.4. The summed E-state index contributed by atoms with van der Waals surface area (Å²) in [6.45, 7) is 1.79. The first-order valence-electron chi connectivity index (χ1n) is 5.42. The third-order valence-electron chi connectivity index (χ3n) is 2.52. The molecule has 0 fully saturated rings. The molecular weight excluding hydrogens is 248 g/mol. The average molecular weight is 260 g/mol. The summed E-state index contributed by atoms with van der Waals surface area (Å²) in [5.41, 5.74) is 1.49. The number of isocyanates is 1. The van der Waals surface area contributed by atoms with Crippen LogP contribution in [0.2, 0.25) is 0 Å². The zero-order chi connectivity index (χ0) is 14.3. The van der Waals surface area contributed by atoms with Gasteiger partial charge in [0.15, 0.2) is 6.04 Å². The van der Waals surface area contributed by atoms with Crippen LogP contribution in [0.25, 0.3) is 0 Å². The molecule has 0 aliphatic carbocycles. The maximum absolute atomic E-state index is 11.4. The Kier molecular flexibility index (Phi) is 5.27. The smallest absolute Gasteiger partial charge is 0.331 e. The number of ether oxygens (including phenoxy) is 2. The molecule has 1 aromatic rings. The van der Waals surface area contributed by atoms with Crippen LogP contribution in [0.15, 0.2) is 23.2 Å². The summed E-state index contributed by atoms with van der Waals surface area (Å²) in [4.78, 5) is 25.1. The van der Waals surface area contributed by atoms with Crippen molar-refractivity contribution in [3.05, 3.63) is 29.3 Å². The maximum Gasteiger partial charge on any atom is 0.331 e. The van der Waals surface area contributed by atoms with Crippen LogP contribution in [0.5, 0.6) is 5.75 Å². The van der Waals surface area contributed by atoms with Crippen molar-refractivity contribution in [2.24, 2.45) is 4.99 Å². The van der Waals surface area contributed by atoms with Crippen LogP contribution in [0.3, 0.4) is 0 Å². The molecule has 1 rings (SSSR count). The molecule has 0 amide bonds. The molecule has 0 aliphatic rings. The molecule has 19 heavy (non-hydrogen) atoms. The van der Waals surface area contributed by atoms with Crippen LogP contribution < -0.4 is 4.74 Å². The van der Waals surface area contributed by atoms with E-state index in [0.29, 0.717) is 11.3 Å². The number of carbonyl (C=O) groups excluding carboxylic acids is 2. The highest BCUT2D eigenvalue weighted by molar-refractivity contribution is 5.77. The van der Waals surface area contributed by atoms with Gasteiger partial charge in [-0.25, -0.2) is 9.59 Å². The lowest BCUT2D eigenvalue weighted by Gasteiger charge is -2.10. The van der Waals surface area contributed by atoms with E-state index in [1.165, 1.54) is 13.2 Å². The molecule has 0 radical (unpaired) electrons. The molecule has 0 spiro atoms. The van der Waals surface area contributed by atoms with Gasteiger partial charge in [-0.15, -0.1) is 5.26 Å². The predicted molar refractivity (Wildman–Crippen MR) is 65.0 cm³/mol. The summed E-state index contributed by atoms with van der Waals surface area (Å²) in [6, 6.07) is 4.19. The Hall–Kier alpha value is -2.64. The minimum absolute atomic E-state index is 0.171. The summed E-state index contributed by atoms with van der Waals surface area (Å²) in [7, 11) is 1.22. The standard InChI is InChI=1S/C13H12N2O4/c1-9-3-4-10(6-12(9)19-7-14)5-11(15-8-16)13(17)18-2/h3-4,6,11H,5H2,1-2H3. The highest BCUT2D eigenvalue weighted by Crippen LogP contribution is 2.20. The van der Waals surface area contributed by atoms with Gasteiger partial charge in [0, 0.05) is 6.42 Å². The minimum Gasteiger partial charge on any atom is -0.467 e. The van der Waals surface area contributed by atoms with Crippen molar-refractivity contribution in [3.8, 4) is 12.0 Å². The Labute approximate surface area is 110 Å². The Morgan fingerprint density at radius 1 is 1.53 bits per heavy atom. The number of hydrogen-bond donors (Lipinski definition) is 0. The van der Waals surface area contributed by atoms with E-state index >= 15 is 0 Å². The average Bonchev–Trinajstić information content (AvgIpc) is 2.41. The van der Waals surface area contributed by atoms with Crippen molar-refractivity contribution in [2.75, 3.05) is 7.11 Å². The summed E-state index contributed by atoms with van der Waals surface area (Å²) in [5.74, 6) is -0.217. The van der Waals surface area contributed by atoms with Crippen molar-refractivity contribution in [1.29, 1.82) is 5.26 Å². The fourth-order valence-electron chi connectivity index (χ4n) is 1.54. The van der Waals surface area contributed by atoms with Gasteiger partial charge in [-0.3, -0.25) is 0 Å². The van der Waals surface area contributed by atoms with E-state index in [1.54, 1.807) is 31.4 Å². The van der Waals surface area contributed by atoms with Gasteiger partial charge in [-0.05, 0) is 24.1 Å². The van der Waals surface area contributed by atoms with Gasteiger partial charge in [0.2, 0.25) is 6.08 Å². The third-order valence-corrected chi connectivity index (χ3v) is 2.52. The molecule has 6 nitrogen and oxygen atoms in total. The quantitative estimate of drug-likeness (QED) is 0.344. The van der Waals surface area contributed by atoms with Gasteiger partial charge in [-0.2, -0.15) is 4.99 Å². The van der Waals surface area contributed by atoms with Crippen molar-refractivity contribution in [1.82, 2.24) is 0 Å². The Balaban J connectivity index is 2.97. The number of aryl methyl sites for hydroxylation is 1. The van der Waals surface area contributed by atoms with Crippen LogP contribution in [-0.4, -0.2) is 25.2 Å². The van der Waals surface area contributed by atoms with Gasteiger partial charge in [0.25, 0.3) is 6.26 Å². The molecule has 1 unspecified atom stereocenters. The van der Waals surface area contributed by atoms with E-state index in [9.17, 15) is 9.59 Å².